The van der Waals surface area contributed by atoms with Crippen molar-refractivity contribution in [2.75, 3.05) is 4.90 Å². The number of anilines is 3. The van der Waals surface area contributed by atoms with Crippen molar-refractivity contribution in [2.24, 2.45) is 0 Å². The van der Waals surface area contributed by atoms with Crippen molar-refractivity contribution in [3.8, 4) is 33.4 Å². The molecule has 0 N–H and O–H groups in total. The second-order valence-electron chi connectivity index (χ2n) is 17.8. The van der Waals surface area contributed by atoms with Crippen molar-refractivity contribution in [1.82, 2.24) is 0 Å². The quantitative estimate of drug-likeness (QED) is 0.171. The zero-order chi connectivity index (χ0) is 42.7. The van der Waals surface area contributed by atoms with E-state index < -0.39 is 10.8 Å². The van der Waals surface area contributed by atoms with Crippen molar-refractivity contribution >= 4 is 38.6 Å². The van der Waals surface area contributed by atoms with Crippen LogP contribution in [-0.2, 0) is 10.8 Å². The van der Waals surface area contributed by atoms with Crippen LogP contribution in [0.5, 0.6) is 0 Å². The van der Waals surface area contributed by atoms with Gasteiger partial charge in [0.25, 0.3) is 0 Å². The maximum Gasteiger partial charge on any atom is 0.0726 e. The fraction of sp³-hybridized carbons (Fsp3) is 0.0312. The van der Waals surface area contributed by atoms with E-state index in [1.54, 1.807) is 0 Å². The Morgan fingerprint density at radius 1 is 0.262 bits per heavy atom. The molecule has 11 aromatic carbocycles. The lowest BCUT2D eigenvalue weighted by atomic mass is 9.52. The Hall–Kier alpha value is -8.26. The fourth-order valence-corrected chi connectivity index (χ4v) is 12.6. The molecule has 65 heavy (non-hydrogen) atoms. The minimum atomic E-state index is -0.603. The summed E-state index contributed by atoms with van der Waals surface area (Å²) in [6.45, 7) is 0. The first-order chi connectivity index (χ1) is 32.3. The number of hydrogen-bond acceptors (Lipinski definition) is 1. The topological polar surface area (TPSA) is 3.24 Å². The summed E-state index contributed by atoms with van der Waals surface area (Å²) in [6.07, 6.45) is 0. The first-order valence-electron chi connectivity index (χ1n) is 22.8. The third-order valence-corrected chi connectivity index (χ3v) is 14.9. The highest BCUT2D eigenvalue weighted by Crippen LogP contribution is 2.68. The molecule has 1 nitrogen and oxygen atoms in total. The predicted molar refractivity (Wildman–Crippen MR) is 270 cm³/mol. The van der Waals surface area contributed by atoms with Gasteiger partial charge in [0, 0.05) is 16.5 Å². The zero-order valence-electron chi connectivity index (χ0n) is 35.6. The summed E-state index contributed by atoms with van der Waals surface area (Å²) < 4.78 is 0. The highest BCUT2D eigenvalue weighted by atomic mass is 15.1. The normalized spacial score (nSPS) is 14.1. The van der Waals surface area contributed by atoms with E-state index >= 15 is 0 Å². The monoisotopic (exact) mass is 823 g/mol. The van der Waals surface area contributed by atoms with Gasteiger partial charge in [-0.15, -0.1) is 0 Å². The SMILES string of the molecule is c1cc(-c2cccc3c2C2(c4ccccc4-3)c3ccccc3C3(c4ccccc4-c4ccccc43)c3ccccc32)cc(N(c2cccc3ccccc23)c2cccc3ccccc23)c1. The lowest BCUT2D eigenvalue weighted by molar-refractivity contribution is 0.633. The molecule has 0 radical (unpaired) electrons. The summed E-state index contributed by atoms with van der Waals surface area (Å²) in [7, 11) is 0. The first-order valence-corrected chi connectivity index (χ1v) is 22.8. The Kier molecular flexibility index (Phi) is 7.59. The molecule has 302 valence electrons. The molecule has 0 saturated carbocycles. The minimum absolute atomic E-state index is 0.490. The van der Waals surface area contributed by atoms with Crippen LogP contribution >= 0.6 is 0 Å². The number of rotatable bonds is 4. The number of hydrogen-bond donors (Lipinski definition) is 0. The summed E-state index contributed by atoms with van der Waals surface area (Å²) >= 11 is 0. The van der Waals surface area contributed by atoms with Crippen LogP contribution in [0, 0.1) is 0 Å². The summed E-state index contributed by atoms with van der Waals surface area (Å²) in [5.41, 5.74) is 20.7. The van der Waals surface area contributed by atoms with Gasteiger partial charge >= 0.3 is 0 Å². The molecule has 3 aliphatic carbocycles. The van der Waals surface area contributed by atoms with Gasteiger partial charge in [0.05, 0.1) is 22.2 Å². The van der Waals surface area contributed by atoms with Crippen LogP contribution in [0.2, 0.25) is 0 Å². The molecule has 0 aliphatic heterocycles. The summed E-state index contributed by atoms with van der Waals surface area (Å²) in [5, 5.41) is 4.85. The Morgan fingerprint density at radius 2 is 0.631 bits per heavy atom. The van der Waals surface area contributed by atoms with Gasteiger partial charge in [0.15, 0.2) is 0 Å². The standard InChI is InChI=1S/C64H41N/c1-3-25-46-42(19-1)21-16-39-60(46)65(61-40-17-22-43-20-2-4-26-47(43)61)45-24-15-23-44(41-45)48-30-18-31-52-51-29-7-10-34-55(51)64(62(48)52)58-37-13-11-35-56(58)63(57-36-12-14-38-59(57)64)53-32-8-5-27-49(53)50-28-6-9-33-54(50)63/h1-41H. The van der Waals surface area contributed by atoms with Crippen LogP contribution < -0.4 is 4.90 Å². The Bertz CT molecular complexity index is 3570. The van der Waals surface area contributed by atoms with Gasteiger partial charge in [-0.1, -0.05) is 224 Å². The second-order valence-corrected chi connectivity index (χ2v) is 17.8. The maximum absolute atomic E-state index is 2.48. The molecule has 0 atom stereocenters. The Labute approximate surface area is 379 Å². The zero-order valence-corrected chi connectivity index (χ0v) is 35.6. The number of nitrogens with zero attached hydrogens (tertiary/aromatic N) is 1. The van der Waals surface area contributed by atoms with Gasteiger partial charge in [-0.3, -0.25) is 0 Å². The third-order valence-electron chi connectivity index (χ3n) is 14.9. The molecule has 0 amide bonds. The van der Waals surface area contributed by atoms with Crippen LogP contribution in [0.4, 0.5) is 17.1 Å². The van der Waals surface area contributed by atoms with E-state index in [4.69, 9.17) is 0 Å². The molecule has 0 aromatic heterocycles. The second kappa shape index (κ2) is 13.6. The average molecular weight is 824 g/mol. The number of benzene rings is 11. The molecule has 0 heterocycles. The largest absolute Gasteiger partial charge is 0.309 e. The third kappa shape index (κ3) is 4.72. The van der Waals surface area contributed by atoms with Crippen molar-refractivity contribution in [1.29, 1.82) is 0 Å². The highest BCUT2D eigenvalue weighted by Gasteiger charge is 2.59. The van der Waals surface area contributed by atoms with E-state index in [2.05, 4.69) is 254 Å². The van der Waals surface area contributed by atoms with E-state index in [0.29, 0.717) is 0 Å². The summed E-state index contributed by atoms with van der Waals surface area (Å²) in [6, 6.07) is 93.5. The van der Waals surface area contributed by atoms with Crippen LogP contribution in [0.25, 0.3) is 54.9 Å². The molecule has 0 saturated heterocycles. The van der Waals surface area contributed by atoms with Crippen LogP contribution in [-0.4, -0.2) is 0 Å². The van der Waals surface area contributed by atoms with Crippen LogP contribution in [0.3, 0.4) is 0 Å². The van der Waals surface area contributed by atoms with E-state index in [1.807, 2.05) is 0 Å². The van der Waals surface area contributed by atoms with Gasteiger partial charge in [0.1, 0.15) is 0 Å². The maximum atomic E-state index is 2.48. The molecule has 2 spiro atoms. The van der Waals surface area contributed by atoms with Crippen LogP contribution in [0.1, 0.15) is 44.5 Å². The van der Waals surface area contributed by atoms with Gasteiger partial charge in [-0.2, -0.15) is 0 Å². The number of fused-ring (bicyclic) bond motifs is 18. The fourth-order valence-electron chi connectivity index (χ4n) is 12.6. The van der Waals surface area contributed by atoms with Crippen molar-refractivity contribution in [3.63, 3.8) is 0 Å². The minimum Gasteiger partial charge on any atom is -0.309 e. The van der Waals surface area contributed by atoms with E-state index in [1.165, 1.54) is 99.4 Å². The molecule has 0 fully saturated rings. The first kappa shape index (κ1) is 36.2. The van der Waals surface area contributed by atoms with Gasteiger partial charge in [0.2, 0.25) is 0 Å². The summed E-state index contributed by atoms with van der Waals surface area (Å²) in [5.74, 6) is 0. The van der Waals surface area contributed by atoms with Crippen molar-refractivity contribution in [2.45, 2.75) is 10.8 Å². The summed E-state index contributed by atoms with van der Waals surface area (Å²) in [4.78, 5) is 2.48. The van der Waals surface area contributed by atoms with Gasteiger partial charge in [-0.25, -0.2) is 0 Å². The molecule has 0 unspecified atom stereocenters. The average Bonchev–Trinajstić information content (AvgIpc) is 3.85. The molecular weight excluding hydrogens is 783 g/mol. The molecule has 0 bridgehead atoms. The van der Waals surface area contributed by atoms with Crippen molar-refractivity contribution < 1.29 is 0 Å². The molecule has 3 aliphatic rings. The van der Waals surface area contributed by atoms with Gasteiger partial charge < -0.3 is 4.90 Å². The molecular formula is C64H41N. The van der Waals surface area contributed by atoms with E-state index in [9.17, 15) is 0 Å². The van der Waals surface area contributed by atoms with Crippen molar-refractivity contribution in [3.05, 3.63) is 293 Å². The van der Waals surface area contributed by atoms with Gasteiger partial charge in [-0.05, 0) is 113 Å². The molecule has 14 rings (SSSR count). The lowest BCUT2D eigenvalue weighted by Crippen LogP contribution is -2.44. The smallest absolute Gasteiger partial charge is 0.0726 e. The molecule has 11 aromatic rings. The van der Waals surface area contributed by atoms with E-state index in [0.717, 1.165) is 17.1 Å². The highest BCUT2D eigenvalue weighted by molar-refractivity contribution is 6.05. The lowest BCUT2D eigenvalue weighted by Gasteiger charge is -2.49. The predicted octanol–water partition coefficient (Wildman–Crippen LogP) is 16.2. The Morgan fingerprint density at radius 3 is 1.18 bits per heavy atom. The molecule has 1 heteroatoms. The van der Waals surface area contributed by atoms with Crippen LogP contribution in [0.15, 0.2) is 249 Å². The van der Waals surface area contributed by atoms with E-state index in [-0.39, 0.29) is 0 Å². The Balaban J connectivity index is 1.07.